The Balaban J connectivity index is 1.45. The molecule has 0 amide bonds. The van der Waals surface area contributed by atoms with E-state index in [1.165, 1.54) is 70.8 Å². The monoisotopic (exact) mass is 352 g/mol. The molecule has 1 saturated carbocycles. The minimum atomic E-state index is 0.549. The van der Waals surface area contributed by atoms with E-state index in [9.17, 15) is 0 Å². The number of hydrogen-bond donors (Lipinski definition) is 2. The zero-order chi connectivity index (χ0) is 17.7. The molecular weight excluding hydrogens is 312 g/mol. The number of nitrogens with zero attached hydrogens (tertiary/aromatic N) is 2. The molecule has 0 spiro atoms. The van der Waals surface area contributed by atoms with E-state index in [0.717, 1.165) is 32.2 Å². The normalized spacial score (nSPS) is 23.1. The zero-order valence-electron chi connectivity index (χ0n) is 16.6. The Morgan fingerprint density at radius 1 is 1.04 bits per heavy atom. The van der Waals surface area contributed by atoms with E-state index < -0.39 is 0 Å². The molecule has 0 aromatic heterocycles. The highest BCUT2D eigenvalue weighted by atomic mass is 16.5. The molecule has 5 nitrogen and oxygen atoms in total. The van der Waals surface area contributed by atoms with Crippen molar-refractivity contribution in [2.45, 2.75) is 83.3 Å². The number of rotatable bonds is 10. The second kappa shape index (κ2) is 12.5. The summed E-state index contributed by atoms with van der Waals surface area (Å²) in [6.45, 7) is 7.59. The molecule has 0 radical (unpaired) electrons. The van der Waals surface area contributed by atoms with Gasteiger partial charge in [-0.05, 0) is 58.0 Å². The molecule has 0 aromatic carbocycles. The van der Waals surface area contributed by atoms with Gasteiger partial charge in [0.2, 0.25) is 0 Å². The summed E-state index contributed by atoms with van der Waals surface area (Å²) in [6, 6.07) is 0.667. The summed E-state index contributed by atoms with van der Waals surface area (Å²) in [5.41, 5.74) is 0. The first-order valence-corrected chi connectivity index (χ1v) is 10.6. The molecule has 1 atom stereocenters. The highest BCUT2D eigenvalue weighted by Crippen LogP contribution is 2.20. The summed E-state index contributed by atoms with van der Waals surface area (Å²) in [4.78, 5) is 6.91. The van der Waals surface area contributed by atoms with Crippen LogP contribution in [0.15, 0.2) is 4.99 Å². The van der Waals surface area contributed by atoms with Crippen LogP contribution in [0, 0.1) is 0 Å². The number of likely N-dealkylation sites (tertiary alicyclic amines) is 1. The maximum atomic E-state index is 5.99. The van der Waals surface area contributed by atoms with Gasteiger partial charge in [0.1, 0.15) is 0 Å². The Morgan fingerprint density at radius 2 is 1.88 bits per heavy atom. The molecule has 1 heterocycles. The van der Waals surface area contributed by atoms with E-state index in [1.807, 2.05) is 7.05 Å². The Bertz CT molecular complexity index is 369. The minimum Gasteiger partial charge on any atom is -0.378 e. The summed E-state index contributed by atoms with van der Waals surface area (Å²) in [5, 5.41) is 6.94. The average molecular weight is 353 g/mol. The van der Waals surface area contributed by atoms with Crippen molar-refractivity contribution in [3.63, 3.8) is 0 Å². The molecule has 2 aliphatic rings. The van der Waals surface area contributed by atoms with Gasteiger partial charge in [0.15, 0.2) is 5.96 Å². The molecule has 5 heteroatoms. The molecular formula is C20H40N4O. The Hall–Kier alpha value is -0.810. The lowest BCUT2D eigenvalue weighted by Crippen LogP contribution is -2.45. The maximum absolute atomic E-state index is 5.99. The van der Waals surface area contributed by atoms with Crippen LogP contribution in [0.25, 0.3) is 0 Å². The number of unbranched alkanes of at least 4 members (excludes halogenated alkanes) is 2. The van der Waals surface area contributed by atoms with Crippen LogP contribution in [0.1, 0.15) is 71.1 Å². The Morgan fingerprint density at radius 3 is 2.64 bits per heavy atom. The first-order valence-electron chi connectivity index (χ1n) is 10.6. The fourth-order valence-electron chi connectivity index (χ4n) is 4.07. The fourth-order valence-corrected chi connectivity index (χ4v) is 4.07. The second-order valence-electron chi connectivity index (χ2n) is 7.50. The predicted molar refractivity (Wildman–Crippen MR) is 106 cm³/mol. The van der Waals surface area contributed by atoms with Crippen molar-refractivity contribution in [3.05, 3.63) is 0 Å². The molecule has 2 N–H and O–H groups in total. The summed E-state index contributed by atoms with van der Waals surface area (Å²) in [5.74, 6) is 0.946. The second-order valence-corrected chi connectivity index (χ2v) is 7.50. The van der Waals surface area contributed by atoms with Crippen molar-refractivity contribution in [1.82, 2.24) is 15.5 Å². The molecule has 1 saturated heterocycles. The van der Waals surface area contributed by atoms with E-state index in [1.54, 1.807) is 0 Å². The van der Waals surface area contributed by atoms with E-state index in [0.29, 0.717) is 12.1 Å². The maximum Gasteiger partial charge on any atom is 0.191 e. The van der Waals surface area contributed by atoms with Gasteiger partial charge in [-0.25, -0.2) is 0 Å². The first kappa shape index (κ1) is 20.5. The number of hydrogen-bond acceptors (Lipinski definition) is 3. The van der Waals surface area contributed by atoms with E-state index in [2.05, 4.69) is 27.4 Å². The van der Waals surface area contributed by atoms with Crippen LogP contribution in [0.5, 0.6) is 0 Å². The average Bonchev–Trinajstić information content (AvgIpc) is 3.12. The molecule has 1 unspecified atom stereocenters. The van der Waals surface area contributed by atoms with Crippen LogP contribution < -0.4 is 10.6 Å². The molecule has 1 aliphatic heterocycles. The largest absolute Gasteiger partial charge is 0.378 e. The van der Waals surface area contributed by atoms with Gasteiger partial charge < -0.3 is 15.4 Å². The third-order valence-corrected chi connectivity index (χ3v) is 5.65. The van der Waals surface area contributed by atoms with E-state index in [4.69, 9.17) is 4.74 Å². The van der Waals surface area contributed by atoms with Gasteiger partial charge >= 0.3 is 0 Å². The number of ether oxygens (including phenoxy) is 1. The predicted octanol–water partition coefficient (Wildman–Crippen LogP) is 3.16. The molecule has 2 fully saturated rings. The van der Waals surface area contributed by atoms with Crippen molar-refractivity contribution in [2.24, 2.45) is 4.99 Å². The Kier molecular flexibility index (Phi) is 10.3. The first-order chi connectivity index (χ1) is 12.3. The van der Waals surface area contributed by atoms with E-state index >= 15 is 0 Å². The molecule has 25 heavy (non-hydrogen) atoms. The lowest BCUT2D eigenvalue weighted by atomic mass is 9.98. The topological polar surface area (TPSA) is 48.9 Å². The lowest BCUT2D eigenvalue weighted by molar-refractivity contribution is 0.0264. The van der Waals surface area contributed by atoms with Crippen molar-refractivity contribution >= 4 is 5.96 Å². The van der Waals surface area contributed by atoms with Crippen LogP contribution in [0.3, 0.4) is 0 Å². The van der Waals surface area contributed by atoms with Gasteiger partial charge in [0.25, 0.3) is 0 Å². The van der Waals surface area contributed by atoms with Gasteiger partial charge in [0, 0.05) is 32.8 Å². The van der Waals surface area contributed by atoms with E-state index in [-0.39, 0.29) is 0 Å². The van der Waals surface area contributed by atoms with Gasteiger partial charge in [0.05, 0.1) is 6.10 Å². The molecule has 1 aliphatic carbocycles. The number of guanidine groups is 1. The SMILES string of the molecule is CCN1CCCC1CNC(=NC)NCCCCCOC1CCCCC1. The van der Waals surface area contributed by atoms with Crippen molar-refractivity contribution in [1.29, 1.82) is 0 Å². The van der Waals surface area contributed by atoms with Crippen LogP contribution in [-0.4, -0.2) is 62.8 Å². The number of likely N-dealkylation sites (N-methyl/N-ethyl adjacent to an activating group) is 1. The van der Waals surface area contributed by atoms with Gasteiger partial charge in [-0.15, -0.1) is 0 Å². The van der Waals surface area contributed by atoms with Crippen LogP contribution >= 0.6 is 0 Å². The highest BCUT2D eigenvalue weighted by molar-refractivity contribution is 5.79. The minimum absolute atomic E-state index is 0.549. The third-order valence-electron chi connectivity index (χ3n) is 5.65. The molecule has 146 valence electrons. The van der Waals surface area contributed by atoms with Crippen molar-refractivity contribution in [3.8, 4) is 0 Å². The highest BCUT2D eigenvalue weighted by Gasteiger charge is 2.22. The van der Waals surface area contributed by atoms with Crippen molar-refractivity contribution < 1.29 is 4.74 Å². The van der Waals surface area contributed by atoms with Gasteiger partial charge in [-0.2, -0.15) is 0 Å². The fraction of sp³-hybridized carbons (Fsp3) is 0.950. The quantitative estimate of drug-likeness (QED) is 0.360. The van der Waals surface area contributed by atoms with Gasteiger partial charge in [-0.3, -0.25) is 9.89 Å². The van der Waals surface area contributed by atoms with Crippen LogP contribution in [0.4, 0.5) is 0 Å². The molecule has 0 aromatic rings. The summed E-state index contributed by atoms with van der Waals surface area (Å²) < 4.78 is 5.99. The Labute approximate surface area is 155 Å². The lowest BCUT2D eigenvalue weighted by Gasteiger charge is -2.24. The zero-order valence-corrected chi connectivity index (χ0v) is 16.6. The van der Waals surface area contributed by atoms with Crippen LogP contribution in [0.2, 0.25) is 0 Å². The van der Waals surface area contributed by atoms with Crippen LogP contribution in [-0.2, 0) is 4.74 Å². The summed E-state index contributed by atoms with van der Waals surface area (Å²) in [6.07, 6.45) is 13.4. The number of nitrogens with one attached hydrogen (secondary N) is 2. The standard InChI is InChI=1S/C20H40N4O/c1-3-24-15-10-11-18(24)17-23-20(21-2)22-14-8-5-9-16-25-19-12-6-4-7-13-19/h18-19H,3-17H2,1-2H3,(H2,21,22,23). The number of aliphatic imine (C=N–C) groups is 1. The third kappa shape index (κ3) is 7.95. The van der Waals surface area contributed by atoms with Crippen molar-refractivity contribution in [2.75, 3.05) is 39.8 Å². The molecule has 0 bridgehead atoms. The summed E-state index contributed by atoms with van der Waals surface area (Å²) >= 11 is 0. The molecule has 2 rings (SSSR count). The summed E-state index contributed by atoms with van der Waals surface area (Å²) in [7, 11) is 1.86. The van der Waals surface area contributed by atoms with Gasteiger partial charge in [-0.1, -0.05) is 26.2 Å². The smallest absolute Gasteiger partial charge is 0.191 e.